The van der Waals surface area contributed by atoms with E-state index in [1.54, 1.807) is 51.3 Å². The number of amides is 2. The van der Waals surface area contributed by atoms with Gasteiger partial charge in [-0.05, 0) is 49.7 Å². The summed E-state index contributed by atoms with van der Waals surface area (Å²) in [5.41, 5.74) is 0.873. The number of sulfonamides is 1. The normalized spacial score (nSPS) is 11.9. The molecule has 0 saturated heterocycles. The number of anilines is 1. The summed E-state index contributed by atoms with van der Waals surface area (Å²) in [5, 5.41) is 2.98. The van der Waals surface area contributed by atoms with E-state index in [0.29, 0.717) is 12.3 Å². The molecule has 2 amide bonds. The summed E-state index contributed by atoms with van der Waals surface area (Å²) in [6.07, 6.45) is 0.988. The SMILES string of the molecule is CCNC(=O)C(C)N(Cc1ccc(OC)cc1)C(=O)CN(c1cc(Cl)ccc1OC)S(C)(=O)=O. The van der Waals surface area contributed by atoms with Gasteiger partial charge in [-0.1, -0.05) is 23.7 Å². The molecule has 0 saturated carbocycles. The molecule has 0 fully saturated rings. The van der Waals surface area contributed by atoms with Crippen molar-refractivity contribution in [2.24, 2.45) is 0 Å². The molecule has 2 aromatic carbocycles. The third kappa shape index (κ3) is 7.01. The molecule has 1 N–H and O–H groups in total. The predicted molar refractivity (Wildman–Crippen MR) is 132 cm³/mol. The molecule has 9 nitrogen and oxygen atoms in total. The summed E-state index contributed by atoms with van der Waals surface area (Å²) in [5.74, 6) is -0.0339. The average Bonchev–Trinajstić information content (AvgIpc) is 2.80. The van der Waals surface area contributed by atoms with Gasteiger partial charge >= 0.3 is 0 Å². The van der Waals surface area contributed by atoms with Crippen LogP contribution in [0.15, 0.2) is 42.5 Å². The number of halogens is 1. The Morgan fingerprint density at radius 3 is 2.26 bits per heavy atom. The van der Waals surface area contributed by atoms with Gasteiger partial charge in [0.25, 0.3) is 0 Å². The quantitative estimate of drug-likeness (QED) is 0.497. The highest BCUT2D eigenvalue weighted by molar-refractivity contribution is 7.92. The van der Waals surface area contributed by atoms with Crippen molar-refractivity contribution in [1.29, 1.82) is 0 Å². The van der Waals surface area contributed by atoms with E-state index in [4.69, 9.17) is 21.1 Å². The predicted octanol–water partition coefficient (Wildman–Crippen LogP) is 2.68. The van der Waals surface area contributed by atoms with E-state index in [-0.39, 0.29) is 28.9 Å². The summed E-state index contributed by atoms with van der Waals surface area (Å²) in [6.45, 7) is 3.30. The van der Waals surface area contributed by atoms with Crippen LogP contribution in [0.1, 0.15) is 19.4 Å². The first kappa shape index (κ1) is 27.3. The number of benzene rings is 2. The second kappa shape index (κ2) is 11.9. The van der Waals surface area contributed by atoms with Crippen LogP contribution in [-0.4, -0.2) is 64.7 Å². The lowest BCUT2D eigenvalue weighted by atomic mass is 10.1. The Balaban J connectivity index is 2.44. The number of methoxy groups -OCH3 is 2. The van der Waals surface area contributed by atoms with Crippen molar-refractivity contribution < 1.29 is 27.5 Å². The molecule has 0 aliphatic heterocycles. The van der Waals surface area contributed by atoms with E-state index in [2.05, 4.69) is 5.32 Å². The van der Waals surface area contributed by atoms with Gasteiger partial charge in [0.2, 0.25) is 21.8 Å². The fraction of sp³-hybridized carbons (Fsp3) is 0.391. The molecule has 1 unspecified atom stereocenters. The first-order valence-corrected chi connectivity index (χ1v) is 12.8. The maximum Gasteiger partial charge on any atom is 0.244 e. The van der Waals surface area contributed by atoms with Gasteiger partial charge in [-0.15, -0.1) is 0 Å². The van der Waals surface area contributed by atoms with Crippen molar-refractivity contribution in [3.63, 3.8) is 0 Å². The van der Waals surface area contributed by atoms with Crippen LogP contribution in [0.5, 0.6) is 11.5 Å². The Morgan fingerprint density at radius 2 is 1.74 bits per heavy atom. The minimum atomic E-state index is -3.90. The van der Waals surface area contributed by atoms with Crippen LogP contribution in [0.4, 0.5) is 5.69 Å². The second-order valence-electron chi connectivity index (χ2n) is 7.53. The van der Waals surface area contributed by atoms with Crippen LogP contribution in [0.2, 0.25) is 5.02 Å². The van der Waals surface area contributed by atoms with Gasteiger partial charge in [0, 0.05) is 18.1 Å². The van der Waals surface area contributed by atoms with Crippen molar-refractivity contribution in [3.05, 3.63) is 53.1 Å². The molecule has 0 spiro atoms. The highest BCUT2D eigenvalue weighted by atomic mass is 35.5. The monoisotopic (exact) mass is 511 g/mol. The van der Waals surface area contributed by atoms with E-state index in [1.165, 1.54) is 24.1 Å². The van der Waals surface area contributed by atoms with Crippen LogP contribution in [0.25, 0.3) is 0 Å². The molecule has 0 radical (unpaired) electrons. The molecule has 0 heterocycles. The second-order valence-corrected chi connectivity index (χ2v) is 9.87. The number of nitrogens with zero attached hydrogens (tertiary/aromatic N) is 2. The van der Waals surface area contributed by atoms with Crippen molar-refractivity contribution in [2.75, 3.05) is 37.9 Å². The molecule has 2 rings (SSSR count). The van der Waals surface area contributed by atoms with Gasteiger partial charge < -0.3 is 19.7 Å². The zero-order valence-electron chi connectivity index (χ0n) is 19.9. The van der Waals surface area contributed by atoms with Gasteiger partial charge in [-0.25, -0.2) is 8.42 Å². The Labute approximate surface area is 205 Å². The highest BCUT2D eigenvalue weighted by Gasteiger charge is 2.31. The Morgan fingerprint density at radius 1 is 1.09 bits per heavy atom. The van der Waals surface area contributed by atoms with E-state index < -0.39 is 28.5 Å². The van der Waals surface area contributed by atoms with E-state index >= 15 is 0 Å². The molecule has 0 aromatic heterocycles. The van der Waals surface area contributed by atoms with Crippen LogP contribution in [-0.2, 0) is 26.2 Å². The molecule has 186 valence electrons. The van der Waals surface area contributed by atoms with E-state index in [0.717, 1.165) is 16.1 Å². The number of hydrogen-bond donors (Lipinski definition) is 1. The summed E-state index contributed by atoms with van der Waals surface area (Å²) < 4.78 is 36.7. The molecular formula is C23H30ClN3O6S. The minimum Gasteiger partial charge on any atom is -0.497 e. The van der Waals surface area contributed by atoms with Gasteiger partial charge in [-0.2, -0.15) is 0 Å². The van der Waals surface area contributed by atoms with Crippen LogP contribution < -0.4 is 19.1 Å². The average molecular weight is 512 g/mol. The smallest absolute Gasteiger partial charge is 0.244 e. The zero-order chi connectivity index (χ0) is 25.5. The topological polar surface area (TPSA) is 105 Å². The van der Waals surface area contributed by atoms with Crippen molar-refractivity contribution in [2.45, 2.75) is 26.4 Å². The standard InChI is InChI=1S/C23H30ClN3O6S/c1-6-25-23(29)16(2)26(14-17-7-10-19(32-3)11-8-17)22(28)15-27(34(5,30)31)20-13-18(24)9-12-21(20)33-4/h7-13,16H,6,14-15H2,1-5H3,(H,25,29). The highest BCUT2D eigenvalue weighted by Crippen LogP contribution is 2.33. The van der Waals surface area contributed by atoms with Crippen LogP contribution in [0.3, 0.4) is 0 Å². The molecule has 34 heavy (non-hydrogen) atoms. The number of carbonyl (C=O) groups is 2. The molecule has 0 aliphatic carbocycles. The lowest BCUT2D eigenvalue weighted by molar-refractivity contribution is -0.139. The lowest BCUT2D eigenvalue weighted by Crippen LogP contribution is -2.51. The minimum absolute atomic E-state index is 0.0887. The molecular weight excluding hydrogens is 482 g/mol. The van der Waals surface area contributed by atoms with Gasteiger partial charge in [0.15, 0.2) is 0 Å². The van der Waals surface area contributed by atoms with Gasteiger partial charge in [0.1, 0.15) is 24.1 Å². The van der Waals surface area contributed by atoms with Crippen molar-refractivity contribution in [1.82, 2.24) is 10.2 Å². The molecule has 0 bridgehead atoms. The fourth-order valence-electron chi connectivity index (χ4n) is 3.29. The maximum absolute atomic E-state index is 13.5. The number of nitrogens with one attached hydrogen (secondary N) is 1. The van der Waals surface area contributed by atoms with Gasteiger partial charge in [-0.3, -0.25) is 13.9 Å². The number of rotatable bonds is 11. The van der Waals surface area contributed by atoms with Crippen molar-refractivity contribution >= 4 is 39.1 Å². The van der Waals surface area contributed by atoms with Crippen LogP contribution in [0, 0.1) is 0 Å². The van der Waals surface area contributed by atoms with Crippen molar-refractivity contribution in [3.8, 4) is 11.5 Å². The van der Waals surface area contributed by atoms with E-state index in [1.807, 2.05) is 0 Å². The number of carbonyl (C=O) groups excluding carboxylic acids is 2. The largest absolute Gasteiger partial charge is 0.497 e. The Hall–Kier alpha value is -2.98. The molecule has 0 aliphatic rings. The lowest BCUT2D eigenvalue weighted by Gasteiger charge is -2.31. The zero-order valence-corrected chi connectivity index (χ0v) is 21.4. The summed E-state index contributed by atoms with van der Waals surface area (Å²) >= 11 is 6.09. The number of hydrogen-bond acceptors (Lipinski definition) is 6. The molecule has 11 heteroatoms. The molecule has 1 atom stereocenters. The maximum atomic E-state index is 13.5. The summed E-state index contributed by atoms with van der Waals surface area (Å²) in [4.78, 5) is 27.4. The van der Waals surface area contributed by atoms with Crippen LogP contribution >= 0.6 is 11.6 Å². The summed E-state index contributed by atoms with van der Waals surface area (Å²) in [6, 6.07) is 10.7. The Kier molecular flexibility index (Phi) is 9.57. The third-order valence-electron chi connectivity index (χ3n) is 5.12. The first-order chi connectivity index (χ1) is 16.0. The number of likely N-dealkylation sites (N-methyl/N-ethyl adjacent to an activating group) is 1. The summed E-state index contributed by atoms with van der Waals surface area (Å²) in [7, 11) is -0.965. The third-order valence-corrected chi connectivity index (χ3v) is 6.48. The first-order valence-electron chi connectivity index (χ1n) is 10.5. The van der Waals surface area contributed by atoms with E-state index in [9.17, 15) is 18.0 Å². The molecule has 2 aromatic rings. The van der Waals surface area contributed by atoms with Gasteiger partial charge in [0.05, 0.1) is 26.2 Å². The number of ether oxygens (including phenoxy) is 2. The Bertz CT molecular complexity index is 1110. The fourth-order valence-corrected chi connectivity index (χ4v) is 4.30.